The molecule has 3 aromatic rings. The molecule has 1 atom stereocenters. The van der Waals surface area contributed by atoms with E-state index in [1.54, 1.807) is 0 Å². The van der Waals surface area contributed by atoms with Gasteiger partial charge in [0.05, 0.1) is 4.70 Å². The number of nitrogens with two attached hydrogens (primary N) is 1. The molecule has 2 aromatic carbocycles. The largest absolute Gasteiger partial charge is 0.326 e. The number of amides is 1. The zero-order chi connectivity index (χ0) is 14.7. The Morgan fingerprint density at radius 1 is 1.24 bits per heavy atom. The summed E-state index contributed by atoms with van der Waals surface area (Å²) in [5, 5.41) is 3.97. The fraction of sp³-hybridized carbons (Fsp3) is 0.125. The predicted octanol–water partition coefficient (Wildman–Crippen LogP) is 3.32. The molecule has 106 valence electrons. The summed E-state index contributed by atoms with van der Waals surface area (Å²) in [6.07, 6.45) is 2.07. The minimum atomic E-state index is -0.293. The lowest BCUT2D eigenvalue weighted by Crippen LogP contribution is -2.20. The first-order valence-electron chi connectivity index (χ1n) is 6.67. The third-order valence-electron chi connectivity index (χ3n) is 3.27. The number of carbonyl (C=O) groups excluding carboxylic acids is 1. The standard InChI is InChI=1S/C16H15N3OS/c17-14(11-4-2-1-3-5-11)9-16(20)19-13-7-6-12-10-18-21-15(12)8-13/h1-8,10,14H,9,17H2,(H,19,20)/t14-/m0/s1. The zero-order valence-electron chi connectivity index (χ0n) is 11.3. The fourth-order valence-electron chi connectivity index (χ4n) is 2.17. The van der Waals surface area contributed by atoms with Crippen LogP contribution in [-0.4, -0.2) is 10.3 Å². The van der Waals surface area contributed by atoms with Crippen molar-refractivity contribution >= 4 is 33.2 Å². The van der Waals surface area contributed by atoms with E-state index in [0.29, 0.717) is 0 Å². The van der Waals surface area contributed by atoms with Crippen molar-refractivity contribution < 1.29 is 4.79 Å². The lowest BCUT2D eigenvalue weighted by Gasteiger charge is -2.12. The number of fused-ring (bicyclic) bond motifs is 1. The molecule has 3 rings (SSSR count). The van der Waals surface area contributed by atoms with Gasteiger partial charge >= 0.3 is 0 Å². The molecule has 5 heteroatoms. The van der Waals surface area contributed by atoms with E-state index in [9.17, 15) is 4.79 Å². The van der Waals surface area contributed by atoms with Gasteiger partial charge in [0.15, 0.2) is 0 Å². The van der Waals surface area contributed by atoms with Crippen LogP contribution < -0.4 is 11.1 Å². The molecule has 0 aliphatic heterocycles. The number of nitrogens with zero attached hydrogens (tertiary/aromatic N) is 1. The number of benzene rings is 2. The van der Waals surface area contributed by atoms with Crippen molar-refractivity contribution in [2.45, 2.75) is 12.5 Å². The molecule has 4 nitrogen and oxygen atoms in total. The van der Waals surface area contributed by atoms with E-state index in [4.69, 9.17) is 5.73 Å². The molecule has 0 unspecified atom stereocenters. The maximum Gasteiger partial charge on any atom is 0.226 e. The first kappa shape index (κ1) is 13.7. The van der Waals surface area contributed by atoms with Crippen LogP contribution in [0.3, 0.4) is 0 Å². The average Bonchev–Trinajstić information content (AvgIpc) is 2.95. The number of nitrogens with one attached hydrogen (secondary N) is 1. The average molecular weight is 297 g/mol. The molecule has 1 amide bonds. The SMILES string of the molecule is N[C@@H](CC(=O)Nc1ccc2cnsc2c1)c1ccccc1. The highest BCUT2D eigenvalue weighted by molar-refractivity contribution is 7.13. The lowest BCUT2D eigenvalue weighted by molar-refractivity contribution is -0.116. The molecule has 21 heavy (non-hydrogen) atoms. The van der Waals surface area contributed by atoms with Crippen LogP contribution in [0.4, 0.5) is 5.69 Å². The third-order valence-corrected chi connectivity index (χ3v) is 4.03. The summed E-state index contributed by atoms with van der Waals surface area (Å²) in [7, 11) is 0. The van der Waals surface area contributed by atoms with Crippen LogP contribution in [-0.2, 0) is 4.79 Å². The van der Waals surface area contributed by atoms with E-state index in [-0.39, 0.29) is 18.4 Å². The monoisotopic (exact) mass is 297 g/mol. The van der Waals surface area contributed by atoms with Gasteiger partial charge in [0.25, 0.3) is 0 Å². The molecule has 3 N–H and O–H groups in total. The van der Waals surface area contributed by atoms with Crippen LogP contribution in [0, 0.1) is 0 Å². The quantitative estimate of drug-likeness (QED) is 0.776. The van der Waals surface area contributed by atoms with Gasteiger partial charge in [0, 0.05) is 29.7 Å². The van der Waals surface area contributed by atoms with Gasteiger partial charge in [-0.25, -0.2) is 0 Å². The second-order valence-electron chi connectivity index (χ2n) is 4.85. The van der Waals surface area contributed by atoms with Crippen molar-refractivity contribution in [1.82, 2.24) is 4.37 Å². The molecule has 0 spiro atoms. The first-order chi connectivity index (χ1) is 10.2. The number of carbonyl (C=O) groups is 1. The van der Waals surface area contributed by atoms with Crippen molar-refractivity contribution in [1.29, 1.82) is 0 Å². The maximum atomic E-state index is 12.1. The lowest BCUT2D eigenvalue weighted by atomic mass is 10.0. The topological polar surface area (TPSA) is 68.0 Å². The van der Waals surface area contributed by atoms with Gasteiger partial charge in [-0.2, -0.15) is 4.37 Å². The first-order valence-corrected chi connectivity index (χ1v) is 7.44. The molecule has 0 bridgehead atoms. The maximum absolute atomic E-state index is 12.1. The number of rotatable bonds is 4. The van der Waals surface area contributed by atoms with E-state index in [1.807, 2.05) is 54.7 Å². The van der Waals surface area contributed by atoms with Gasteiger partial charge < -0.3 is 11.1 Å². The van der Waals surface area contributed by atoms with Crippen LogP contribution in [0.2, 0.25) is 0 Å². The molecule has 0 fully saturated rings. The van der Waals surface area contributed by atoms with Gasteiger partial charge in [0.1, 0.15) is 0 Å². The van der Waals surface area contributed by atoms with Crippen molar-refractivity contribution in [3.05, 3.63) is 60.3 Å². The second kappa shape index (κ2) is 6.03. The van der Waals surface area contributed by atoms with E-state index in [1.165, 1.54) is 11.5 Å². The summed E-state index contributed by atoms with van der Waals surface area (Å²) >= 11 is 1.41. The smallest absolute Gasteiger partial charge is 0.226 e. The Kier molecular flexibility index (Phi) is 3.94. The Labute approximate surface area is 126 Å². The summed E-state index contributed by atoms with van der Waals surface area (Å²) in [5.41, 5.74) is 7.79. The van der Waals surface area contributed by atoms with Gasteiger partial charge in [-0.3, -0.25) is 4.79 Å². The highest BCUT2D eigenvalue weighted by Gasteiger charge is 2.11. The van der Waals surface area contributed by atoms with E-state index in [0.717, 1.165) is 21.3 Å². The molecular formula is C16H15N3OS. The fourth-order valence-corrected chi connectivity index (χ4v) is 2.85. The number of hydrogen-bond acceptors (Lipinski definition) is 4. The minimum Gasteiger partial charge on any atom is -0.326 e. The molecule has 0 aliphatic carbocycles. The Morgan fingerprint density at radius 3 is 2.86 bits per heavy atom. The summed E-state index contributed by atoms with van der Waals surface area (Å²) in [4.78, 5) is 12.1. The van der Waals surface area contributed by atoms with Crippen LogP contribution >= 0.6 is 11.5 Å². The second-order valence-corrected chi connectivity index (χ2v) is 5.68. The molecular weight excluding hydrogens is 282 g/mol. The molecule has 0 aliphatic rings. The summed E-state index contributed by atoms with van der Waals surface area (Å²) in [6, 6.07) is 15.1. The van der Waals surface area contributed by atoms with Gasteiger partial charge in [0.2, 0.25) is 5.91 Å². The number of aromatic nitrogens is 1. The normalized spacial score (nSPS) is 12.2. The Hall–Kier alpha value is -2.24. The Bertz CT molecular complexity index is 754. The Morgan fingerprint density at radius 2 is 2.05 bits per heavy atom. The molecule has 1 aromatic heterocycles. The van der Waals surface area contributed by atoms with Crippen LogP contribution in [0.15, 0.2) is 54.7 Å². The van der Waals surface area contributed by atoms with Gasteiger partial charge in [-0.15, -0.1) is 0 Å². The third kappa shape index (κ3) is 3.26. The minimum absolute atomic E-state index is 0.0878. The molecule has 0 saturated heterocycles. The number of hydrogen-bond donors (Lipinski definition) is 2. The van der Waals surface area contributed by atoms with E-state index in [2.05, 4.69) is 9.69 Å². The molecule has 1 heterocycles. The van der Waals surface area contributed by atoms with E-state index >= 15 is 0 Å². The van der Waals surface area contributed by atoms with Crippen molar-refractivity contribution in [3.63, 3.8) is 0 Å². The summed E-state index contributed by atoms with van der Waals surface area (Å²) in [6.45, 7) is 0. The van der Waals surface area contributed by atoms with Gasteiger partial charge in [-0.05, 0) is 35.3 Å². The Balaban J connectivity index is 1.66. The highest BCUT2D eigenvalue weighted by Crippen LogP contribution is 2.22. The number of anilines is 1. The van der Waals surface area contributed by atoms with E-state index < -0.39 is 0 Å². The van der Waals surface area contributed by atoms with Crippen LogP contribution in [0.1, 0.15) is 18.0 Å². The van der Waals surface area contributed by atoms with Crippen LogP contribution in [0.25, 0.3) is 10.1 Å². The zero-order valence-corrected chi connectivity index (χ0v) is 12.1. The van der Waals surface area contributed by atoms with Gasteiger partial charge in [-0.1, -0.05) is 30.3 Å². The predicted molar refractivity (Wildman–Crippen MR) is 86.2 cm³/mol. The van der Waals surface area contributed by atoms with Crippen molar-refractivity contribution in [2.24, 2.45) is 5.73 Å². The molecule has 0 radical (unpaired) electrons. The summed E-state index contributed by atoms with van der Waals surface area (Å²) in [5.74, 6) is -0.0878. The van der Waals surface area contributed by atoms with Crippen molar-refractivity contribution in [3.8, 4) is 0 Å². The van der Waals surface area contributed by atoms with Crippen LogP contribution in [0.5, 0.6) is 0 Å². The highest BCUT2D eigenvalue weighted by atomic mass is 32.1. The van der Waals surface area contributed by atoms with Crippen molar-refractivity contribution in [2.75, 3.05) is 5.32 Å². The molecule has 0 saturated carbocycles. The summed E-state index contributed by atoms with van der Waals surface area (Å²) < 4.78 is 5.17.